The second-order valence-electron chi connectivity index (χ2n) is 5.85. The molecule has 2 aromatic carbocycles. The predicted octanol–water partition coefficient (Wildman–Crippen LogP) is 3.47. The highest BCUT2D eigenvalue weighted by Gasteiger charge is 2.18. The van der Waals surface area contributed by atoms with E-state index in [0.29, 0.717) is 5.75 Å². The van der Waals surface area contributed by atoms with E-state index in [2.05, 4.69) is 32.7 Å². The summed E-state index contributed by atoms with van der Waals surface area (Å²) in [5.74, 6) is 0.619. The Morgan fingerprint density at radius 3 is 2.50 bits per heavy atom. The van der Waals surface area contributed by atoms with Crippen molar-refractivity contribution in [2.45, 2.75) is 13.0 Å². The predicted molar refractivity (Wildman–Crippen MR) is 107 cm³/mol. The zero-order valence-corrected chi connectivity index (χ0v) is 16.7. The first-order chi connectivity index (χ1) is 12.5. The van der Waals surface area contributed by atoms with Crippen LogP contribution in [0.15, 0.2) is 61.2 Å². The molecule has 1 unspecified atom stereocenters. The third-order valence-corrected chi connectivity index (χ3v) is 4.93. The van der Waals surface area contributed by atoms with E-state index in [-0.39, 0.29) is 18.6 Å². The van der Waals surface area contributed by atoms with Gasteiger partial charge in [0.2, 0.25) is 0 Å². The molecule has 0 saturated heterocycles. The topological polar surface area (TPSA) is 60.2 Å². The average molecular weight is 462 g/mol. The van der Waals surface area contributed by atoms with Gasteiger partial charge in [-0.15, -0.1) is 0 Å². The Morgan fingerprint density at radius 1 is 1.19 bits per heavy atom. The zero-order chi connectivity index (χ0) is 18.5. The normalized spacial score (nSPS) is 11.8. The van der Waals surface area contributed by atoms with Crippen LogP contribution in [0.1, 0.15) is 18.5 Å². The standard InChI is InChI=1S/C19H19IN4O2/c1-14(15-3-7-17(8-4-15)24-13-21-12-22-24)23(2)19(25)11-26-18-9-5-16(20)6-10-18/h3-10,12-14H,11H2,1-2H3. The first kappa shape index (κ1) is 18.4. The largest absolute Gasteiger partial charge is 0.484 e. The minimum absolute atomic E-state index is 0.0124. The Kier molecular flexibility index (Phi) is 5.87. The van der Waals surface area contributed by atoms with Crippen molar-refractivity contribution in [3.8, 4) is 11.4 Å². The maximum Gasteiger partial charge on any atom is 0.260 e. The molecule has 0 aliphatic rings. The summed E-state index contributed by atoms with van der Waals surface area (Å²) in [5.41, 5.74) is 1.97. The lowest BCUT2D eigenvalue weighted by molar-refractivity contribution is -0.134. The number of carbonyl (C=O) groups excluding carboxylic acids is 1. The van der Waals surface area contributed by atoms with Gasteiger partial charge in [-0.05, 0) is 71.5 Å². The van der Waals surface area contributed by atoms with Crippen LogP contribution in [0.2, 0.25) is 0 Å². The number of aromatic nitrogens is 3. The van der Waals surface area contributed by atoms with Crippen LogP contribution in [0, 0.1) is 3.57 Å². The number of hydrogen-bond acceptors (Lipinski definition) is 4. The summed E-state index contributed by atoms with van der Waals surface area (Å²) in [7, 11) is 1.79. The zero-order valence-electron chi connectivity index (χ0n) is 14.5. The highest BCUT2D eigenvalue weighted by molar-refractivity contribution is 14.1. The van der Waals surface area contributed by atoms with Crippen LogP contribution < -0.4 is 4.74 Å². The van der Waals surface area contributed by atoms with E-state index in [1.165, 1.54) is 6.33 Å². The van der Waals surface area contributed by atoms with Crippen molar-refractivity contribution < 1.29 is 9.53 Å². The van der Waals surface area contributed by atoms with E-state index in [1.807, 2.05) is 55.5 Å². The van der Waals surface area contributed by atoms with Crippen LogP contribution in [0.25, 0.3) is 5.69 Å². The molecule has 0 fully saturated rings. The van der Waals surface area contributed by atoms with Gasteiger partial charge in [-0.2, -0.15) is 5.10 Å². The molecule has 1 atom stereocenters. The van der Waals surface area contributed by atoms with Crippen LogP contribution >= 0.6 is 22.6 Å². The highest BCUT2D eigenvalue weighted by atomic mass is 127. The Balaban J connectivity index is 1.60. The van der Waals surface area contributed by atoms with Crippen molar-refractivity contribution in [1.82, 2.24) is 19.7 Å². The van der Waals surface area contributed by atoms with Gasteiger partial charge in [-0.25, -0.2) is 9.67 Å². The van der Waals surface area contributed by atoms with Crippen molar-refractivity contribution in [2.75, 3.05) is 13.7 Å². The molecule has 0 N–H and O–H groups in total. The molecule has 3 aromatic rings. The van der Waals surface area contributed by atoms with E-state index >= 15 is 0 Å². The van der Waals surface area contributed by atoms with Crippen molar-refractivity contribution in [3.05, 3.63) is 70.3 Å². The number of carbonyl (C=O) groups is 1. The molecule has 6 nitrogen and oxygen atoms in total. The molecule has 3 rings (SSSR count). The van der Waals surface area contributed by atoms with E-state index < -0.39 is 0 Å². The van der Waals surface area contributed by atoms with E-state index in [4.69, 9.17) is 4.74 Å². The van der Waals surface area contributed by atoms with E-state index in [1.54, 1.807) is 23.0 Å². The molecule has 26 heavy (non-hydrogen) atoms. The van der Waals surface area contributed by atoms with Crippen molar-refractivity contribution in [1.29, 1.82) is 0 Å². The summed E-state index contributed by atoms with van der Waals surface area (Å²) in [6.07, 6.45) is 3.15. The van der Waals surface area contributed by atoms with E-state index in [0.717, 1.165) is 14.8 Å². The number of ether oxygens (including phenoxy) is 1. The number of benzene rings is 2. The van der Waals surface area contributed by atoms with Gasteiger partial charge in [0.1, 0.15) is 18.4 Å². The summed E-state index contributed by atoms with van der Waals surface area (Å²) in [6, 6.07) is 15.5. The van der Waals surface area contributed by atoms with Gasteiger partial charge in [-0.3, -0.25) is 4.79 Å². The van der Waals surface area contributed by atoms with Gasteiger partial charge in [0.05, 0.1) is 11.7 Å². The fraction of sp³-hybridized carbons (Fsp3) is 0.211. The highest BCUT2D eigenvalue weighted by Crippen LogP contribution is 2.21. The van der Waals surface area contributed by atoms with Crippen molar-refractivity contribution >= 4 is 28.5 Å². The van der Waals surface area contributed by atoms with Crippen molar-refractivity contribution in [3.63, 3.8) is 0 Å². The Hall–Kier alpha value is -2.42. The summed E-state index contributed by atoms with van der Waals surface area (Å²) in [4.78, 5) is 18.1. The molecule has 0 spiro atoms. The number of nitrogens with zero attached hydrogens (tertiary/aromatic N) is 4. The molecule has 0 bridgehead atoms. The molecule has 1 heterocycles. The first-order valence-electron chi connectivity index (χ1n) is 8.13. The maximum absolute atomic E-state index is 12.4. The fourth-order valence-corrected chi connectivity index (χ4v) is 2.82. The lowest BCUT2D eigenvalue weighted by Gasteiger charge is -2.25. The third kappa shape index (κ3) is 4.40. The lowest BCUT2D eigenvalue weighted by Crippen LogP contribution is -2.33. The molecule has 7 heteroatoms. The molecular formula is C19H19IN4O2. The smallest absolute Gasteiger partial charge is 0.260 e. The fourth-order valence-electron chi connectivity index (χ4n) is 2.46. The molecule has 0 saturated carbocycles. The number of likely N-dealkylation sites (N-methyl/N-ethyl adjacent to an activating group) is 1. The van der Waals surface area contributed by atoms with Gasteiger partial charge in [0.25, 0.3) is 5.91 Å². The van der Waals surface area contributed by atoms with E-state index in [9.17, 15) is 4.79 Å². The first-order valence-corrected chi connectivity index (χ1v) is 9.21. The minimum atomic E-state index is -0.0728. The third-order valence-electron chi connectivity index (χ3n) is 4.21. The lowest BCUT2D eigenvalue weighted by atomic mass is 10.1. The Morgan fingerprint density at radius 2 is 1.88 bits per heavy atom. The SMILES string of the molecule is CC(c1ccc(-n2cncn2)cc1)N(C)C(=O)COc1ccc(I)cc1. The van der Waals surface area contributed by atoms with Crippen LogP contribution in [0.5, 0.6) is 5.75 Å². The van der Waals surface area contributed by atoms with Crippen LogP contribution in [-0.2, 0) is 4.79 Å². The maximum atomic E-state index is 12.4. The number of hydrogen-bond donors (Lipinski definition) is 0. The quantitative estimate of drug-likeness (QED) is 0.527. The number of amides is 1. The second kappa shape index (κ2) is 8.31. The summed E-state index contributed by atoms with van der Waals surface area (Å²) in [6.45, 7) is 2.01. The van der Waals surface area contributed by atoms with Gasteiger partial charge in [0, 0.05) is 10.6 Å². The monoisotopic (exact) mass is 462 g/mol. The minimum Gasteiger partial charge on any atom is -0.484 e. The molecular weight excluding hydrogens is 443 g/mol. The summed E-state index contributed by atoms with van der Waals surface area (Å²) >= 11 is 2.23. The average Bonchev–Trinajstić information content (AvgIpc) is 3.21. The molecule has 0 radical (unpaired) electrons. The van der Waals surface area contributed by atoms with Gasteiger partial charge in [0.15, 0.2) is 6.61 Å². The van der Waals surface area contributed by atoms with Crippen molar-refractivity contribution in [2.24, 2.45) is 0 Å². The van der Waals surface area contributed by atoms with Gasteiger partial charge >= 0.3 is 0 Å². The Bertz CT molecular complexity index is 848. The summed E-state index contributed by atoms with van der Waals surface area (Å²) < 4.78 is 8.40. The van der Waals surface area contributed by atoms with Crippen LogP contribution in [0.4, 0.5) is 0 Å². The van der Waals surface area contributed by atoms with Crippen LogP contribution in [0.3, 0.4) is 0 Å². The molecule has 0 aliphatic heterocycles. The van der Waals surface area contributed by atoms with Gasteiger partial charge < -0.3 is 9.64 Å². The Labute approximate surface area is 165 Å². The van der Waals surface area contributed by atoms with Gasteiger partial charge in [-0.1, -0.05) is 12.1 Å². The summed E-state index contributed by atoms with van der Waals surface area (Å²) in [5, 5.41) is 4.11. The molecule has 0 aliphatic carbocycles. The molecule has 1 amide bonds. The van der Waals surface area contributed by atoms with Crippen LogP contribution in [-0.4, -0.2) is 39.2 Å². The molecule has 134 valence electrons. The molecule has 1 aromatic heterocycles. The second-order valence-corrected chi connectivity index (χ2v) is 7.10. The number of rotatable bonds is 6. The number of halogens is 1.